The summed E-state index contributed by atoms with van der Waals surface area (Å²) in [6.45, 7) is 0.306. The zero-order valence-corrected chi connectivity index (χ0v) is 15.1. The van der Waals surface area contributed by atoms with E-state index < -0.39 is 10.0 Å². The molecular formula is C15H17ClN2O3S2. The minimum absolute atomic E-state index is 0.127. The average Bonchev–Trinajstić information content (AvgIpc) is 2.97. The number of hydrogen-bond acceptors (Lipinski definition) is 4. The van der Waals surface area contributed by atoms with Gasteiger partial charge >= 0.3 is 0 Å². The molecule has 1 amide bonds. The second kappa shape index (κ2) is 7.44. The summed E-state index contributed by atoms with van der Waals surface area (Å²) < 4.78 is 25.4. The molecule has 5 nitrogen and oxygen atoms in total. The van der Waals surface area contributed by atoms with E-state index in [4.69, 9.17) is 11.6 Å². The van der Waals surface area contributed by atoms with Gasteiger partial charge in [0.25, 0.3) is 10.0 Å². The second-order valence-corrected chi connectivity index (χ2v) is 9.07. The van der Waals surface area contributed by atoms with E-state index in [9.17, 15) is 13.2 Å². The fourth-order valence-corrected chi connectivity index (χ4v) is 4.40. The fraction of sp³-hybridized carbons (Fsp3) is 0.267. The van der Waals surface area contributed by atoms with Crippen LogP contribution in [0.2, 0.25) is 5.02 Å². The summed E-state index contributed by atoms with van der Waals surface area (Å²) in [5.41, 5.74) is 0.869. The van der Waals surface area contributed by atoms with Crippen LogP contribution in [0.3, 0.4) is 0 Å². The lowest BCUT2D eigenvalue weighted by molar-refractivity contribution is -0.120. The summed E-state index contributed by atoms with van der Waals surface area (Å²) in [5.74, 6) is -0.127. The van der Waals surface area contributed by atoms with Crippen molar-refractivity contribution in [2.24, 2.45) is 0 Å². The predicted octanol–water partition coefficient (Wildman–Crippen LogP) is 2.51. The van der Waals surface area contributed by atoms with E-state index in [2.05, 4.69) is 5.32 Å². The molecule has 0 aliphatic heterocycles. The van der Waals surface area contributed by atoms with Crippen molar-refractivity contribution in [2.45, 2.75) is 17.2 Å². The highest BCUT2D eigenvalue weighted by molar-refractivity contribution is 7.91. The summed E-state index contributed by atoms with van der Waals surface area (Å²) in [7, 11) is -0.443. The molecule has 0 saturated carbocycles. The monoisotopic (exact) mass is 372 g/mol. The smallest absolute Gasteiger partial charge is 0.252 e. The molecule has 0 atom stereocenters. The number of nitrogens with zero attached hydrogens (tertiary/aromatic N) is 1. The van der Waals surface area contributed by atoms with Crippen molar-refractivity contribution in [3.63, 3.8) is 0 Å². The zero-order chi connectivity index (χ0) is 17.0. The van der Waals surface area contributed by atoms with Gasteiger partial charge in [0, 0.05) is 24.0 Å². The van der Waals surface area contributed by atoms with Crippen molar-refractivity contribution in [1.29, 1.82) is 0 Å². The molecule has 23 heavy (non-hydrogen) atoms. The van der Waals surface area contributed by atoms with Gasteiger partial charge in [-0.25, -0.2) is 12.7 Å². The van der Waals surface area contributed by atoms with Gasteiger partial charge in [-0.15, -0.1) is 11.3 Å². The van der Waals surface area contributed by atoms with Crippen molar-refractivity contribution in [3.05, 3.63) is 51.9 Å². The molecule has 0 unspecified atom stereocenters. The Hall–Kier alpha value is -1.41. The molecule has 0 saturated heterocycles. The van der Waals surface area contributed by atoms with Gasteiger partial charge in [0.05, 0.1) is 13.0 Å². The lowest BCUT2D eigenvalue weighted by atomic mass is 10.1. The Labute approximate surface area is 144 Å². The third-order valence-corrected chi connectivity index (χ3v) is 6.73. The number of carbonyl (C=O) groups excluding carboxylic acids is 1. The highest BCUT2D eigenvalue weighted by atomic mass is 35.5. The SMILES string of the molecule is CN(C)S(=O)(=O)c1ccc(CNC(=O)Cc2ccc(Cl)cc2)s1. The first-order chi connectivity index (χ1) is 10.8. The molecule has 1 heterocycles. The molecule has 0 radical (unpaired) electrons. The molecule has 124 valence electrons. The Morgan fingerprint density at radius 2 is 1.83 bits per heavy atom. The molecule has 1 N–H and O–H groups in total. The van der Waals surface area contributed by atoms with E-state index in [0.29, 0.717) is 11.6 Å². The van der Waals surface area contributed by atoms with Crippen LogP contribution in [0.1, 0.15) is 10.4 Å². The Kier molecular flexibility index (Phi) is 5.80. The van der Waals surface area contributed by atoms with E-state index in [1.165, 1.54) is 18.4 Å². The number of amides is 1. The van der Waals surface area contributed by atoms with E-state index in [1.807, 2.05) is 0 Å². The molecule has 1 aromatic carbocycles. The molecule has 0 aliphatic rings. The van der Waals surface area contributed by atoms with Crippen molar-refractivity contribution >= 4 is 38.9 Å². The molecule has 0 bridgehead atoms. The molecule has 0 spiro atoms. The first-order valence-electron chi connectivity index (χ1n) is 6.81. The molecular weight excluding hydrogens is 356 g/mol. The van der Waals surface area contributed by atoms with Crippen molar-refractivity contribution < 1.29 is 13.2 Å². The summed E-state index contributed by atoms with van der Waals surface area (Å²) in [4.78, 5) is 12.7. The van der Waals surface area contributed by atoms with Gasteiger partial charge in [0.2, 0.25) is 5.91 Å². The van der Waals surface area contributed by atoms with Crippen LogP contribution in [-0.4, -0.2) is 32.7 Å². The maximum atomic E-state index is 12.0. The number of rotatable bonds is 6. The van der Waals surface area contributed by atoms with Gasteiger partial charge in [-0.3, -0.25) is 4.79 Å². The van der Waals surface area contributed by atoms with Crippen LogP contribution in [0.5, 0.6) is 0 Å². The number of hydrogen-bond donors (Lipinski definition) is 1. The lowest BCUT2D eigenvalue weighted by Gasteiger charge is -2.08. The topological polar surface area (TPSA) is 66.5 Å². The standard InChI is InChI=1S/C15H17ClN2O3S2/c1-18(2)23(20,21)15-8-7-13(22-15)10-17-14(19)9-11-3-5-12(16)6-4-11/h3-8H,9-10H2,1-2H3,(H,17,19). The Morgan fingerprint density at radius 3 is 2.43 bits per heavy atom. The predicted molar refractivity (Wildman–Crippen MR) is 92.2 cm³/mol. The largest absolute Gasteiger partial charge is 0.351 e. The number of halogens is 1. The van der Waals surface area contributed by atoms with Gasteiger partial charge in [-0.1, -0.05) is 23.7 Å². The molecule has 0 fully saturated rings. The van der Waals surface area contributed by atoms with E-state index in [-0.39, 0.29) is 16.5 Å². The van der Waals surface area contributed by atoms with Crippen molar-refractivity contribution in [2.75, 3.05) is 14.1 Å². The number of nitrogens with one attached hydrogen (secondary N) is 1. The minimum atomic E-state index is -3.42. The van der Waals surface area contributed by atoms with Crippen LogP contribution in [-0.2, 0) is 27.8 Å². The summed E-state index contributed by atoms with van der Waals surface area (Å²) in [6.07, 6.45) is 0.255. The minimum Gasteiger partial charge on any atom is -0.351 e. The van der Waals surface area contributed by atoms with E-state index in [0.717, 1.165) is 21.8 Å². The van der Waals surface area contributed by atoms with E-state index >= 15 is 0 Å². The highest BCUT2D eigenvalue weighted by Crippen LogP contribution is 2.23. The summed E-state index contributed by atoms with van der Waals surface area (Å²) in [5, 5.41) is 3.41. The fourth-order valence-electron chi connectivity index (χ4n) is 1.81. The summed E-state index contributed by atoms with van der Waals surface area (Å²) >= 11 is 6.96. The van der Waals surface area contributed by atoms with Crippen LogP contribution in [0.25, 0.3) is 0 Å². The lowest BCUT2D eigenvalue weighted by Crippen LogP contribution is -2.24. The molecule has 8 heteroatoms. The maximum absolute atomic E-state index is 12.0. The summed E-state index contributed by atoms with van der Waals surface area (Å²) in [6, 6.07) is 10.3. The van der Waals surface area contributed by atoms with Gasteiger partial charge in [-0.2, -0.15) is 0 Å². The Bertz CT molecular complexity index is 783. The Morgan fingerprint density at radius 1 is 1.17 bits per heavy atom. The number of sulfonamides is 1. The van der Waals surface area contributed by atoms with Crippen LogP contribution in [0.4, 0.5) is 0 Å². The van der Waals surface area contributed by atoms with Gasteiger partial charge < -0.3 is 5.32 Å². The van der Waals surface area contributed by atoms with Gasteiger partial charge in [-0.05, 0) is 29.8 Å². The van der Waals surface area contributed by atoms with Gasteiger partial charge in [0.15, 0.2) is 0 Å². The zero-order valence-electron chi connectivity index (χ0n) is 12.7. The van der Waals surface area contributed by atoms with Crippen LogP contribution in [0, 0.1) is 0 Å². The maximum Gasteiger partial charge on any atom is 0.252 e. The van der Waals surface area contributed by atoms with E-state index in [1.54, 1.807) is 36.4 Å². The van der Waals surface area contributed by atoms with Crippen LogP contribution in [0.15, 0.2) is 40.6 Å². The number of carbonyl (C=O) groups is 1. The van der Waals surface area contributed by atoms with Crippen LogP contribution >= 0.6 is 22.9 Å². The third kappa shape index (κ3) is 4.78. The van der Waals surface area contributed by atoms with Gasteiger partial charge in [0.1, 0.15) is 4.21 Å². The average molecular weight is 373 g/mol. The van der Waals surface area contributed by atoms with Crippen LogP contribution < -0.4 is 5.32 Å². The third-order valence-electron chi connectivity index (χ3n) is 3.11. The number of benzene rings is 1. The number of thiophene rings is 1. The molecule has 2 rings (SSSR count). The Balaban J connectivity index is 1.92. The second-order valence-electron chi connectivity index (χ2n) is 5.09. The molecule has 1 aromatic heterocycles. The molecule has 0 aliphatic carbocycles. The quantitative estimate of drug-likeness (QED) is 0.847. The van der Waals surface area contributed by atoms with Crippen molar-refractivity contribution in [3.8, 4) is 0 Å². The normalized spacial score (nSPS) is 11.7. The first kappa shape index (κ1) is 17.9. The first-order valence-corrected chi connectivity index (χ1v) is 9.45. The highest BCUT2D eigenvalue weighted by Gasteiger charge is 2.19. The van der Waals surface area contributed by atoms with Crippen molar-refractivity contribution in [1.82, 2.24) is 9.62 Å². The molecule has 2 aromatic rings.